The Hall–Kier alpha value is -0.590. The summed E-state index contributed by atoms with van der Waals surface area (Å²) in [5.74, 6) is 0. The second-order valence-electron chi connectivity index (χ2n) is 3.24. The van der Waals surface area contributed by atoms with Gasteiger partial charge in [0.25, 0.3) is 10.1 Å². The molecule has 0 bridgehead atoms. The molecular weight excluding hydrogens is 237 g/mol. The minimum absolute atomic E-state index is 0. The second-order valence-corrected chi connectivity index (χ2v) is 4.66. The van der Waals surface area contributed by atoms with Crippen molar-refractivity contribution in [2.75, 3.05) is 5.73 Å². The monoisotopic (exact) mass is 246 g/mol. The van der Waals surface area contributed by atoms with E-state index in [9.17, 15) is 8.42 Å². The first kappa shape index (κ1) is 13.5. The normalized spacial score (nSPS) is 11.1. The molecule has 0 spiro atoms. The van der Waals surface area contributed by atoms with Crippen LogP contribution in [0.1, 0.15) is 0 Å². The van der Waals surface area contributed by atoms with Crippen molar-refractivity contribution in [1.29, 1.82) is 0 Å². The van der Waals surface area contributed by atoms with Gasteiger partial charge in [-0.15, -0.1) is 0 Å². The van der Waals surface area contributed by atoms with Gasteiger partial charge in [0.15, 0.2) is 0 Å². The van der Waals surface area contributed by atoms with Gasteiger partial charge in [-0.2, -0.15) is 8.42 Å². The van der Waals surface area contributed by atoms with Crippen LogP contribution in [0.3, 0.4) is 0 Å². The van der Waals surface area contributed by atoms with Crippen LogP contribution in [0.25, 0.3) is 10.8 Å². The van der Waals surface area contributed by atoms with Crippen molar-refractivity contribution in [2.45, 2.75) is 4.90 Å². The molecule has 3 N–H and O–H groups in total. The van der Waals surface area contributed by atoms with Crippen LogP contribution in [0.4, 0.5) is 5.69 Å². The van der Waals surface area contributed by atoms with Crippen LogP contribution in [0.2, 0.25) is 0 Å². The van der Waals surface area contributed by atoms with E-state index >= 15 is 0 Å². The molecule has 0 aromatic heterocycles. The standard InChI is InChI=1S/C10H9NO3S.Na/c11-9-3-1-8-6-10(15(12,13)14)4-2-7(8)5-9;/h1-6H,11H2,(H,12,13,14);. The molecule has 16 heavy (non-hydrogen) atoms. The SMILES string of the molecule is Nc1ccc2cc(S(=O)(=O)O)ccc2c1.[Na]. The summed E-state index contributed by atoms with van der Waals surface area (Å²) in [6.45, 7) is 0. The Morgan fingerprint density at radius 1 is 1.00 bits per heavy atom. The molecule has 2 aromatic carbocycles. The number of hydrogen-bond acceptors (Lipinski definition) is 3. The van der Waals surface area contributed by atoms with E-state index in [1.54, 1.807) is 24.3 Å². The Bertz CT molecular complexity index is 625. The van der Waals surface area contributed by atoms with E-state index in [1.807, 2.05) is 0 Å². The van der Waals surface area contributed by atoms with Gasteiger partial charge in [0, 0.05) is 35.2 Å². The maximum Gasteiger partial charge on any atom is 0.294 e. The van der Waals surface area contributed by atoms with E-state index in [1.165, 1.54) is 12.1 Å². The molecule has 0 saturated carbocycles. The van der Waals surface area contributed by atoms with E-state index in [4.69, 9.17) is 10.3 Å². The quantitative estimate of drug-likeness (QED) is 0.451. The Morgan fingerprint density at radius 3 is 2.19 bits per heavy atom. The van der Waals surface area contributed by atoms with E-state index < -0.39 is 10.1 Å². The molecule has 0 amide bonds. The van der Waals surface area contributed by atoms with E-state index in [0.717, 1.165) is 10.8 Å². The van der Waals surface area contributed by atoms with Crippen molar-refractivity contribution in [1.82, 2.24) is 0 Å². The molecular formula is C10H9NNaO3S. The maximum absolute atomic E-state index is 10.9. The fourth-order valence-electron chi connectivity index (χ4n) is 1.40. The molecule has 0 aliphatic heterocycles. The van der Waals surface area contributed by atoms with Crippen LogP contribution < -0.4 is 5.73 Å². The topological polar surface area (TPSA) is 80.4 Å². The summed E-state index contributed by atoms with van der Waals surface area (Å²) in [5, 5.41) is 1.56. The Morgan fingerprint density at radius 2 is 1.56 bits per heavy atom. The molecule has 4 nitrogen and oxygen atoms in total. The second kappa shape index (κ2) is 4.73. The number of nitrogen functional groups attached to an aromatic ring is 1. The largest absolute Gasteiger partial charge is 0.399 e. The minimum Gasteiger partial charge on any atom is -0.399 e. The van der Waals surface area contributed by atoms with Crippen molar-refractivity contribution in [2.24, 2.45) is 0 Å². The molecule has 0 atom stereocenters. The molecule has 0 heterocycles. The maximum atomic E-state index is 10.9. The average Bonchev–Trinajstić information content (AvgIpc) is 2.15. The van der Waals surface area contributed by atoms with Gasteiger partial charge in [0.05, 0.1) is 4.90 Å². The fourth-order valence-corrected chi connectivity index (χ4v) is 1.92. The van der Waals surface area contributed by atoms with Crippen LogP contribution in [-0.4, -0.2) is 42.5 Å². The Labute approximate surface area is 115 Å². The molecule has 2 aromatic rings. The molecule has 0 unspecified atom stereocenters. The zero-order valence-electron chi connectivity index (χ0n) is 8.71. The molecule has 79 valence electrons. The van der Waals surface area contributed by atoms with Crippen molar-refractivity contribution < 1.29 is 13.0 Å². The molecule has 1 radical (unpaired) electrons. The third-order valence-electron chi connectivity index (χ3n) is 2.13. The zero-order chi connectivity index (χ0) is 11.1. The first-order valence-electron chi connectivity index (χ1n) is 4.23. The smallest absolute Gasteiger partial charge is 0.294 e. The van der Waals surface area contributed by atoms with Gasteiger partial charge in [0.1, 0.15) is 0 Å². The van der Waals surface area contributed by atoms with Gasteiger partial charge in [-0.05, 0) is 35.0 Å². The van der Waals surface area contributed by atoms with Crippen LogP contribution in [0.15, 0.2) is 41.3 Å². The number of hydrogen-bond donors (Lipinski definition) is 2. The summed E-state index contributed by atoms with van der Waals surface area (Å²) in [7, 11) is -4.14. The third kappa shape index (κ3) is 2.75. The first-order valence-corrected chi connectivity index (χ1v) is 5.67. The molecule has 2 rings (SSSR count). The fraction of sp³-hybridized carbons (Fsp3) is 0. The van der Waals surface area contributed by atoms with Gasteiger partial charge >= 0.3 is 0 Å². The summed E-state index contributed by atoms with van der Waals surface area (Å²) >= 11 is 0. The van der Waals surface area contributed by atoms with Crippen molar-refractivity contribution in [3.8, 4) is 0 Å². The summed E-state index contributed by atoms with van der Waals surface area (Å²) < 4.78 is 30.6. The number of rotatable bonds is 1. The minimum atomic E-state index is -4.14. The molecule has 6 heteroatoms. The van der Waals surface area contributed by atoms with Gasteiger partial charge in [-0.1, -0.05) is 12.1 Å². The Balaban J connectivity index is 0.00000128. The Kier molecular flexibility index (Phi) is 3.98. The molecule has 0 saturated heterocycles. The van der Waals surface area contributed by atoms with E-state index in [0.29, 0.717) is 5.69 Å². The summed E-state index contributed by atoms with van der Waals surface area (Å²) in [4.78, 5) is -0.111. The summed E-state index contributed by atoms with van der Waals surface area (Å²) in [6.07, 6.45) is 0. The predicted octanol–water partition coefficient (Wildman–Crippen LogP) is 1.29. The van der Waals surface area contributed by atoms with Gasteiger partial charge in [-0.3, -0.25) is 4.55 Å². The van der Waals surface area contributed by atoms with Gasteiger partial charge < -0.3 is 5.73 Å². The number of fused-ring (bicyclic) bond motifs is 1. The van der Waals surface area contributed by atoms with Crippen LogP contribution in [-0.2, 0) is 10.1 Å². The van der Waals surface area contributed by atoms with E-state index in [-0.39, 0.29) is 34.5 Å². The number of nitrogens with two attached hydrogens (primary N) is 1. The first-order chi connectivity index (χ1) is 6.97. The van der Waals surface area contributed by atoms with Crippen LogP contribution in [0, 0.1) is 0 Å². The number of anilines is 1. The summed E-state index contributed by atoms with van der Waals surface area (Å²) in [6, 6.07) is 9.48. The molecule has 0 aliphatic rings. The van der Waals surface area contributed by atoms with Gasteiger partial charge in [0.2, 0.25) is 0 Å². The predicted molar refractivity (Wildman–Crippen MR) is 63.9 cm³/mol. The van der Waals surface area contributed by atoms with E-state index in [2.05, 4.69) is 0 Å². The zero-order valence-corrected chi connectivity index (χ0v) is 11.5. The summed E-state index contributed by atoms with van der Waals surface area (Å²) in [5.41, 5.74) is 6.19. The van der Waals surface area contributed by atoms with Gasteiger partial charge in [-0.25, -0.2) is 0 Å². The third-order valence-corrected chi connectivity index (χ3v) is 2.98. The molecule has 0 fully saturated rings. The van der Waals surface area contributed by atoms with Crippen molar-refractivity contribution >= 4 is 56.1 Å². The average molecular weight is 246 g/mol. The van der Waals surface area contributed by atoms with Crippen molar-refractivity contribution in [3.63, 3.8) is 0 Å². The molecule has 0 aliphatic carbocycles. The number of benzene rings is 2. The van der Waals surface area contributed by atoms with Crippen LogP contribution >= 0.6 is 0 Å². The van der Waals surface area contributed by atoms with Crippen LogP contribution in [0.5, 0.6) is 0 Å². The van der Waals surface area contributed by atoms with Crippen molar-refractivity contribution in [3.05, 3.63) is 36.4 Å².